The zero-order valence-corrected chi connectivity index (χ0v) is 21.6. The SMILES string of the molecule is CC(C)[C@H](C)[C@@H](O)[C@H](O)[C@@H](C)[C@H]1CC[C@H]2[C@@H]3CC(=O)[C@H]4C[C@H](O)[C@@H](O)C[C@]4(C)[C@H]3CC[C@]12C. The average molecular weight is 465 g/mol. The monoisotopic (exact) mass is 464 g/mol. The van der Waals surface area contributed by atoms with E-state index in [0.29, 0.717) is 48.9 Å². The summed E-state index contributed by atoms with van der Waals surface area (Å²) < 4.78 is 0. The van der Waals surface area contributed by atoms with Crippen LogP contribution in [0.3, 0.4) is 0 Å². The molecule has 4 aliphatic rings. The standard InChI is InChI=1S/C28H48O5/c1-14(2)15(3)25(32)26(33)16(4)18-7-8-19-17-11-22(29)21-12-23(30)24(31)13-28(21,6)20(17)9-10-27(18,19)5/h14-21,23-26,30-33H,7-13H2,1-6H3/t15-,16-,17-,18+,19-,20-,21+,23-,24-,25+,26+,27+,28+/m0/s1. The number of hydrogen-bond donors (Lipinski definition) is 4. The second-order valence-electron chi connectivity index (χ2n) is 13.4. The summed E-state index contributed by atoms with van der Waals surface area (Å²) in [6, 6.07) is 0. The summed E-state index contributed by atoms with van der Waals surface area (Å²) >= 11 is 0. The van der Waals surface area contributed by atoms with Crippen LogP contribution in [0.4, 0.5) is 0 Å². The van der Waals surface area contributed by atoms with Gasteiger partial charge in [-0.15, -0.1) is 0 Å². The predicted octanol–water partition coefficient (Wildman–Crippen LogP) is 3.81. The molecular formula is C28H48O5. The maximum Gasteiger partial charge on any atom is 0.136 e. The first-order chi connectivity index (χ1) is 15.3. The zero-order chi connectivity index (χ0) is 24.5. The lowest BCUT2D eigenvalue weighted by molar-refractivity contribution is -0.175. The van der Waals surface area contributed by atoms with E-state index >= 15 is 0 Å². The highest BCUT2D eigenvalue weighted by atomic mass is 16.3. The van der Waals surface area contributed by atoms with Gasteiger partial charge in [0.15, 0.2) is 0 Å². The topological polar surface area (TPSA) is 98.0 Å². The molecule has 0 spiro atoms. The molecular weight excluding hydrogens is 416 g/mol. The smallest absolute Gasteiger partial charge is 0.136 e. The van der Waals surface area contributed by atoms with Gasteiger partial charge in [-0.3, -0.25) is 4.79 Å². The summed E-state index contributed by atoms with van der Waals surface area (Å²) in [5.74, 6) is 2.05. The van der Waals surface area contributed by atoms with Crippen LogP contribution in [0.15, 0.2) is 0 Å². The van der Waals surface area contributed by atoms with Crippen molar-refractivity contribution in [2.45, 2.75) is 111 Å². The predicted molar refractivity (Wildman–Crippen MR) is 128 cm³/mol. The van der Waals surface area contributed by atoms with Crippen molar-refractivity contribution in [3.8, 4) is 0 Å². The van der Waals surface area contributed by atoms with Crippen LogP contribution in [-0.4, -0.2) is 50.6 Å². The minimum atomic E-state index is -0.782. The summed E-state index contributed by atoms with van der Waals surface area (Å²) in [7, 11) is 0. The Morgan fingerprint density at radius 2 is 1.52 bits per heavy atom. The van der Waals surface area contributed by atoms with Crippen molar-refractivity contribution in [2.75, 3.05) is 0 Å². The van der Waals surface area contributed by atoms with E-state index in [2.05, 4.69) is 34.6 Å². The first kappa shape index (κ1) is 25.6. The third kappa shape index (κ3) is 3.93. The Morgan fingerprint density at radius 3 is 2.15 bits per heavy atom. The van der Waals surface area contributed by atoms with Crippen molar-refractivity contribution in [3.63, 3.8) is 0 Å². The van der Waals surface area contributed by atoms with Crippen LogP contribution in [0.2, 0.25) is 0 Å². The molecule has 5 heteroatoms. The Kier molecular flexibility index (Phi) is 6.88. The maximum atomic E-state index is 13.3. The fourth-order valence-electron chi connectivity index (χ4n) is 9.23. The quantitative estimate of drug-likeness (QED) is 0.496. The summed E-state index contributed by atoms with van der Waals surface area (Å²) in [4.78, 5) is 13.3. The van der Waals surface area contributed by atoms with Gasteiger partial charge >= 0.3 is 0 Å². The lowest BCUT2D eigenvalue weighted by atomic mass is 9.44. The fourth-order valence-corrected chi connectivity index (χ4v) is 9.23. The number of aliphatic hydroxyl groups is 4. The molecule has 0 saturated heterocycles. The molecule has 4 aliphatic carbocycles. The fraction of sp³-hybridized carbons (Fsp3) is 0.964. The van der Waals surface area contributed by atoms with Crippen LogP contribution in [-0.2, 0) is 4.79 Å². The molecule has 4 saturated carbocycles. The molecule has 4 rings (SSSR count). The number of carbonyl (C=O) groups excluding carboxylic acids is 1. The van der Waals surface area contributed by atoms with Gasteiger partial charge in [-0.25, -0.2) is 0 Å². The number of Topliss-reactive ketones (excluding diaryl/α,β-unsaturated/α-hetero) is 1. The first-order valence-corrected chi connectivity index (χ1v) is 13.6. The Hall–Kier alpha value is -0.490. The highest BCUT2D eigenvalue weighted by molar-refractivity contribution is 5.83. The average Bonchev–Trinajstić information content (AvgIpc) is 3.10. The number of fused-ring (bicyclic) bond motifs is 5. The molecule has 0 bridgehead atoms. The lowest BCUT2D eigenvalue weighted by Gasteiger charge is -2.61. The zero-order valence-electron chi connectivity index (χ0n) is 21.6. The summed E-state index contributed by atoms with van der Waals surface area (Å²) in [6.07, 6.45) is 2.80. The summed E-state index contributed by atoms with van der Waals surface area (Å²) in [5.41, 5.74) is -0.162. The molecule has 4 fully saturated rings. The molecule has 190 valence electrons. The van der Waals surface area contributed by atoms with Gasteiger partial charge in [0.25, 0.3) is 0 Å². The number of aliphatic hydroxyl groups excluding tert-OH is 4. The molecule has 0 aromatic heterocycles. The molecule has 0 unspecified atom stereocenters. The second-order valence-corrected chi connectivity index (χ2v) is 13.4. The molecule has 0 aliphatic heterocycles. The molecule has 0 radical (unpaired) electrons. The van der Waals surface area contributed by atoms with Crippen LogP contribution < -0.4 is 0 Å². The second kappa shape index (κ2) is 8.87. The molecule has 0 heterocycles. The van der Waals surface area contributed by atoms with Gasteiger partial charge in [0.2, 0.25) is 0 Å². The highest BCUT2D eigenvalue weighted by Gasteiger charge is 2.63. The van der Waals surface area contributed by atoms with E-state index in [1.54, 1.807) is 0 Å². The van der Waals surface area contributed by atoms with Crippen molar-refractivity contribution in [2.24, 2.45) is 58.2 Å². The van der Waals surface area contributed by atoms with Gasteiger partial charge in [0, 0.05) is 12.3 Å². The number of rotatable bonds is 5. The van der Waals surface area contributed by atoms with E-state index in [1.807, 2.05) is 6.92 Å². The maximum absolute atomic E-state index is 13.3. The lowest BCUT2D eigenvalue weighted by Crippen LogP contribution is -2.59. The molecule has 0 amide bonds. The van der Waals surface area contributed by atoms with Gasteiger partial charge < -0.3 is 20.4 Å². The van der Waals surface area contributed by atoms with Crippen molar-refractivity contribution >= 4 is 5.78 Å². The van der Waals surface area contributed by atoms with Gasteiger partial charge in [-0.05, 0) is 90.8 Å². The van der Waals surface area contributed by atoms with E-state index in [4.69, 9.17) is 0 Å². The van der Waals surface area contributed by atoms with Crippen molar-refractivity contribution in [3.05, 3.63) is 0 Å². The van der Waals surface area contributed by atoms with Gasteiger partial charge in [0.05, 0.1) is 24.4 Å². The minimum absolute atomic E-state index is 0.0158. The van der Waals surface area contributed by atoms with Crippen LogP contribution in [0.25, 0.3) is 0 Å². The van der Waals surface area contributed by atoms with Gasteiger partial charge in [-0.2, -0.15) is 0 Å². The number of ketones is 1. The Labute approximate surface area is 200 Å². The van der Waals surface area contributed by atoms with Crippen LogP contribution in [0.1, 0.15) is 86.5 Å². The first-order valence-electron chi connectivity index (χ1n) is 13.6. The van der Waals surface area contributed by atoms with Crippen molar-refractivity contribution in [1.82, 2.24) is 0 Å². The largest absolute Gasteiger partial charge is 0.390 e. The van der Waals surface area contributed by atoms with Crippen molar-refractivity contribution in [1.29, 1.82) is 0 Å². The number of hydrogen-bond acceptors (Lipinski definition) is 5. The molecule has 0 aromatic carbocycles. The minimum Gasteiger partial charge on any atom is -0.390 e. The highest BCUT2D eigenvalue weighted by Crippen LogP contribution is 2.67. The van der Waals surface area contributed by atoms with Gasteiger partial charge in [0.1, 0.15) is 5.78 Å². The Balaban J connectivity index is 1.56. The molecule has 13 atom stereocenters. The molecule has 5 nitrogen and oxygen atoms in total. The Morgan fingerprint density at radius 1 is 0.879 bits per heavy atom. The normalized spacial score (nSPS) is 49.1. The number of carbonyl (C=O) groups is 1. The molecule has 33 heavy (non-hydrogen) atoms. The third-order valence-electron chi connectivity index (χ3n) is 11.7. The van der Waals surface area contributed by atoms with E-state index in [-0.39, 0.29) is 34.4 Å². The van der Waals surface area contributed by atoms with E-state index in [0.717, 1.165) is 25.7 Å². The van der Waals surface area contributed by atoms with Crippen LogP contribution in [0, 0.1) is 58.2 Å². The molecule has 4 N–H and O–H groups in total. The van der Waals surface area contributed by atoms with Crippen molar-refractivity contribution < 1.29 is 25.2 Å². The third-order valence-corrected chi connectivity index (χ3v) is 11.7. The van der Waals surface area contributed by atoms with Crippen LogP contribution in [0.5, 0.6) is 0 Å². The Bertz CT molecular complexity index is 738. The summed E-state index contributed by atoms with van der Waals surface area (Å²) in [5, 5.41) is 42.8. The molecule has 0 aromatic rings. The van der Waals surface area contributed by atoms with E-state index in [9.17, 15) is 25.2 Å². The summed E-state index contributed by atoms with van der Waals surface area (Å²) in [6.45, 7) is 12.9. The van der Waals surface area contributed by atoms with E-state index in [1.165, 1.54) is 0 Å². The van der Waals surface area contributed by atoms with Gasteiger partial charge in [-0.1, -0.05) is 41.5 Å². The van der Waals surface area contributed by atoms with E-state index < -0.39 is 24.4 Å². The van der Waals surface area contributed by atoms with Crippen LogP contribution >= 0.6 is 0 Å².